The molecule has 3 nitrogen and oxygen atoms in total. The number of nitrogens with zero attached hydrogens (tertiary/aromatic N) is 2. The van der Waals surface area contributed by atoms with Gasteiger partial charge >= 0.3 is 0 Å². The molecule has 3 rings (SSSR count). The predicted octanol–water partition coefficient (Wildman–Crippen LogP) is 2.35. The van der Waals surface area contributed by atoms with Crippen LogP contribution in [0.1, 0.15) is 23.7 Å². The molecule has 0 saturated heterocycles. The molecule has 0 aliphatic heterocycles. The summed E-state index contributed by atoms with van der Waals surface area (Å²) in [6, 6.07) is 10.6. The third-order valence-corrected chi connectivity index (χ3v) is 3.33. The Balaban J connectivity index is 2.01. The monoisotopic (exact) mass is 225 g/mol. The standard InChI is InChI=1S/C14H15N3/c1-15-12-7-8-13-11(12)9-16-14(17-13)10-5-3-2-4-6-10/h2-6,9,12,15H,7-8H2,1H3. The number of hydrogen-bond donors (Lipinski definition) is 1. The van der Waals surface area contributed by atoms with Gasteiger partial charge in [-0.25, -0.2) is 9.97 Å². The fraction of sp³-hybridized carbons (Fsp3) is 0.286. The molecule has 2 aromatic rings. The number of nitrogens with one attached hydrogen (secondary N) is 1. The Labute approximate surface area is 101 Å². The highest BCUT2D eigenvalue weighted by Crippen LogP contribution is 2.30. The molecule has 0 saturated carbocycles. The van der Waals surface area contributed by atoms with Crippen LogP contribution in [0, 0.1) is 0 Å². The first-order valence-electron chi connectivity index (χ1n) is 5.97. The van der Waals surface area contributed by atoms with Crippen molar-refractivity contribution in [2.24, 2.45) is 0 Å². The zero-order chi connectivity index (χ0) is 11.7. The Kier molecular flexibility index (Phi) is 2.61. The molecule has 0 spiro atoms. The topological polar surface area (TPSA) is 37.8 Å². The smallest absolute Gasteiger partial charge is 0.159 e. The minimum absolute atomic E-state index is 0.426. The van der Waals surface area contributed by atoms with Gasteiger partial charge in [-0.05, 0) is 19.9 Å². The molecule has 1 heterocycles. The maximum absolute atomic E-state index is 4.67. The van der Waals surface area contributed by atoms with Crippen molar-refractivity contribution in [3.63, 3.8) is 0 Å². The Morgan fingerprint density at radius 1 is 1.24 bits per heavy atom. The highest BCUT2D eigenvalue weighted by Gasteiger charge is 2.23. The van der Waals surface area contributed by atoms with Crippen LogP contribution in [-0.2, 0) is 6.42 Å². The molecule has 0 fully saturated rings. The first kappa shape index (κ1) is 10.4. The lowest BCUT2D eigenvalue weighted by atomic mass is 10.1. The lowest BCUT2D eigenvalue weighted by Crippen LogP contribution is -2.13. The van der Waals surface area contributed by atoms with Gasteiger partial charge in [0.15, 0.2) is 5.82 Å². The van der Waals surface area contributed by atoms with Crippen molar-refractivity contribution in [2.45, 2.75) is 18.9 Å². The third kappa shape index (κ3) is 1.83. The summed E-state index contributed by atoms with van der Waals surface area (Å²) in [5, 5.41) is 3.30. The van der Waals surface area contributed by atoms with E-state index in [1.54, 1.807) is 0 Å². The van der Waals surface area contributed by atoms with Gasteiger partial charge in [-0.2, -0.15) is 0 Å². The lowest BCUT2D eigenvalue weighted by Gasteiger charge is -2.09. The van der Waals surface area contributed by atoms with Gasteiger partial charge in [-0.1, -0.05) is 30.3 Å². The highest BCUT2D eigenvalue weighted by molar-refractivity contribution is 5.55. The van der Waals surface area contributed by atoms with Gasteiger partial charge in [-0.3, -0.25) is 0 Å². The second kappa shape index (κ2) is 4.26. The fourth-order valence-electron chi connectivity index (χ4n) is 2.38. The van der Waals surface area contributed by atoms with E-state index in [-0.39, 0.29) is 0 Å². The SMILES string of the molecule is CNC1CCc2nc(-c3ccccc3)ncc21. The molecule has 1 aromatic heterocycles. The van der Waals surface area contributed by atoms with Crippen LogP contribution in [0.4, 0.5) is 0 Å². The van der Waals surface area contributed by atoms with Crippen LogP contribution in [0.25, 0.3) is 11.4 Å². The van der Waals surface area contributed by atoms with Crippen LogP contribution in [0.15, 0.2) is 36.5 Å². The van der Waals surface area contributed by atoms with Gasteiger partial charge in [0.05, 0.1) is 0 Å². The first-order chi connectivity index (χ1) is 8.38. The van der Waals surface area contributed by atoms with Crippen molar-refractivity contribution < 1.29 is 0 Å². The molecule has 1 atom stereocenters. The zero-order valence-electron chi connectivity index (χ0n) is 9.85. The average molecular weight is 225 g/mol. The molecule has 1 aliphatic rings. The van der Waals surface area contributed by atoms with Crippen molar-refractivity contribution in [2.75, 3.05) is 7.05 Å². The number of aromatic nitrogens is 2. The summed E-state index contributed by atoms with van der Waals surface area (Å²) in [5.41, 5.74) is 3.54. The average Bonchev–Trinajstić information content (AvgIpc) is 2.81. The molecule has 0 amide bonds. The molecule has 1 aromatic carbocycles. The van der Waals surface area contributed by atoms with Gasteiger partial charge < -0.3 is 5.32 Å². The summed E-state index contributed by atoms with van der Waals surface area (Å²) < 4.78 is 0. The maximum Gasteiger partial charge on any atom is 0.159 e. The second-order valence-corrected chi connectivity index (χ2v) is 4.34. The van der Waals surface area contributed by atoms with Crippen molar-refractivity contribution in [1.29, 1.82) is 0 Å². The van der Waals surface area contributed by atoms with Gasteiger partial charge in [0.2, 0.25) is 0 Å². The van der Waals surface area contributed by atoms with Crippen molar-refractivity contribution in [3.8, 4) is 11.4 Å². The van der Waals surface area contributed by atoms with E-state index >= 15 is 0 Å². The molecule has 0 bridgehead atoms. The van der Waals surface area contributed by atoms with Crippen LogP contribution in [0.3, 0.4) is 0 Å². The molecule has 86 valence electrons. The summed E-state index contributed by atoms with van der Waals surface area (Å²) in [5.74, 6) is 0.834. The van der Waals surface area contributed by atoms with E-state index in [0.717, 1.165) is 24.2 Å². The van der Waals surface area contributed by atoms with E-state index < -0.39 is 0 Å². The van der Waals surface area contributed by atoms with Gasteiger partial charge in [0, 0.05) is 29.1 Å². The van der Waals surface area contributed by atoms with Crippen LogP contribution in [-0.4, -0.2) is 17.0 Å². The van der Waals surface area contributed by atoms with Crippen molar-refractivity contribution >= 4 is 0 Å². The predicted molar refractivity (Wildman–Crippen MR) is 67.6 cm³/mol. The number of aryl methyl sites for hydroxylation is 1. The number of fused-ring (bicyclic) bond motifs is 1. The Hall–Kier alpha value is -1.74. The fourth-order valence-corrected chi connectivity index (χ4v) is 2.38. The number of rotatable bonds is 2. The minimum Gasteiger partial charge on any atom is -0.313 e. The molecule has 3 heteroatoms. The molecular formula is C14H15N3. The van der Waals surface area contributed by atoms with Gasteiger partial charge in [0.25, 0.3) is 0 Å². The second-order valence-electron chi connectivity index (χ2n) is 4.34. The molecule has 1 N–H and O–H groups in total. The summed E-state index contributed by atoms with van der Waals surface area (Å²) in [4.78, 5) is 9.14. The Morgan fingerprint density at radius 2 is 2.06 bits per heavy atom. The van der Waals surface area contributed by atoms with Gasteiger partial charge in [0.1, 0.15) is 0 Å². The van der Waals surface area contributed by atoms with E-state index in [4.69, 9.17) is 0 Å². The number of benzene rings is 1. The molecule has 1 unspecified atom stereocenters. The highest BCUT2D eigenvalue weighted by atomic mass is 14.9. The maximum atomic E-state index is 4.67. The molecule has 0 radical (unpaired) electrons. The Bertz CT molecular complexity index is 522. The van der Waals surface area contributed by atoms with Crippen LogP contribution >= 0.6 is 0 Å². The Morgan fingerprint density at radius 3 is 2.82 bits per heavy atom. The van der Waals surface area contributed by atoms with E-state index in [1.165, 1.54) is 11.3 Å². The summed E-state index contributed by atoms with van der Waals surface area (Å²) in [7, 11) is 1.99. The van der Waals surface area contributed by atoms with Crippen LogP contribution in [0.5, 0.6) is 0 Å². The minimum atomic E-state index is 0.426. The van der Waals surface area contributed by atoms with E-state index in [2.05, 4.69) is 15.3 Å². The first-order valence-corrected chi connectivity index (χ1v) is 5.97. The molecule has 17 heavy (non-hydrogen) atoms. The van der Waals surface area contributed by atoms with E-state index in [0.29, 0.717) is 6.04 Å². The summed E-state index contributed by atoms with van der Waals surface area (Å²) in [6.07, 6.45) is 4.14. The largest absolute Gasteiger partial charge is 0.313 e. The summed E-state index contributed by atoms with van der Waals surface area (Å²) >= 11 is 0. The number of hydrogen-bond acceptors (Lipinski definition) is 3. The van der Waals surface area contributed by atoms with Crippen LogP contribution < -0.4 is 5.32 Å². The van der Waals surface area contributed by atoms with E-state index in [9.17, 15) is 0 Å². The quantitative estimate of drug-likeness (QED) is 0.852. The van der Waals surface area contributed by atoms with Crippen molar-refractivity contribution in [3.05, 3.63) is 47.8 Å². The molecule has 1 aliphatic carbocycles. The normalized spacial score (nSPS) is 18.1. The third-order valence-electron chi connectivity index (χ3n) is 3.33. The van der Waals surface area contributed by atoms with E-state index in [1.807, 2.05) is 43.6 Å². The van der Waals surface area contributed by atoms with Gasteiger partial charge in [-0.15, -0.1) is 0 Å². The summed E-state index contributed by atoms with van der Waals surface area (Å²) in [6.45, 7) is 0. The van der Waals surface area contributed by atoms with Crippen molar-refractivity contribution in [1.82, 2.24) is 15.3 Å². The molecular weight excluding hydrogens is 210 g/mol. The lowest BCUT2D eigenvalue weighted by molar-refractivity contribution is 0.589. The van der Waals surface area contributed by atoms with Crippen LogP contribution in [0.2, 0.25) is 0 Å². The zero-order valence-corrected chi connectivity index (χ0v) is 9.85.